The minimum atomic E-state index is -0.980. The van der Waals surface area contributed by atoms with Crippen LogP contribution in [-0.2, 0) is 0 Å². The van der Waals surface area contributed by atoms with E-state index in [4.69, 9.17) is 34.8 Å². The second kappa shape index (κ2) is 10.0. The normalized spacial score (nSPS) is 9.91. The third-order valence-electron chi connectivity index (χ3n) is 1.11. The van der Waals surface area contributed by atoms with Crippen LogP contribution in [0.25, 0.3) is 0 Å². The van der Waals surface area contributed by atoms with Gasteiger partial charge in [-0.2, -0.15) is 0 Å². The fourth-order valence-corrected chi connectivity index (χ4v) is 1.06. The molecule has 0 rings (SSSR count). The molecule has 66 valence electrons. The van der Waals surface area contributed by atoms with Crippen LogP contribution in [0.1, 0.15) is 13.8 Å². The molecule has 0 saturated carbocycles. The van der Waals surface area contributed by atoms with Crippen molar-refractivity contribution in [2.75, 3.05) is 0 Å². The van der Waals surface area contributed by atoms with Crippen LogP contribution in [-0.4, -0.2) is 35.3 Å². The van der Waals surface area contributed by atoms with E-state index in [1.807, 2.05) is 0 Å². The van der Waals surface area contributed by atoms with Gasteiger partial charge in [-0.1, -0.05) is 53.9 Å². The average molecular weight is 248 g/mol. The van der Waals surface area contributed by atoms with Crippen LogP contribution in [0.3, 0.4) is 0 Å². The predicted molar refractivity (Wildman–Crippen MR) is 61.8 cm³/mol. The molecule has 0 spiro atoms. The number of halogens is 3. The molecule has 0 aliphatic heterocycles. The van der Waals surface area contributed by atoms with Crippen LogP contribution < -0.4 is 0 Å². The molecule has 0 aliphatic rings. The summed E-state index contributed by atoms with van der Waals surface area (Å²) in [6.45, 7) is 4.55. The van der Waals surface area contributed by atoms with E-state index in [1.165, 1.54) is 10.6 Å². The predicted octanol–water partition coefficient (Wildman–Crippen LogP) is 2.71. The molecule has 11 heavy (non-hydrogen) atoms. The van der Waals surface area contributed by atoms with Crippen LogP contribution in [0.2, 0.25) is 15.8 Å². The summed E-state index contributed by atoms with van der Waals surface area (Å²) in [6.07, 6.45) is 0. The van der Waals surface area contributed by atoms with Gasteiger partial charge in [0.05, 0.1) is 0 Å². The van der Waals surface area contributed by atoms with Crippen LogP contribution in [0, 0.1) is 0 Å². The molecular formula is C6H15Al2Cl3. The lowest BCUT2D eigenvalue weighted by molar-refractivity contribution is 1.26. The highest BCUT2D eigenvalue weighted by atomic mass is 35.6. The van der Waals surface area contributed by atoms with Crippen LogP contribution in [0.5, 0.6) is 0 Å². The van der Waals surface area contributed by atoms with Crippen molar-refractivity contribution >= 4 is 66.3 Å². The maximum absolute atomic E-state index is 5.28. The van der Waals surface area contributed by atoms with Crippen molar-refractivity contribution in [2.24, 2.45) is 0 Å². The Morgan fingerprint density at radius 1 is 1.18 bits per heavy atom. The van der Waals surface area contributed by atoms with Gasteiger partial charge < -0.3 is 0 Å². The monoisotopic (exact) mass is 246 g/mol. The zero-order valence-corrected chi connectivity index (χ0v) is 13.1. The molecule has 0 nitrogen and oxygen atoms in total. The molecule has 0 aromatic heterocycles. The third kappa shape index (κ3) is 24.5. The summed E-state index contributed by atoms with van der Waals surface area (Å²) in [5, 5.41) is 3.67. The highest BCUT2D eigenvalue weighted by Crippen LogP contribution is 2.28. The highest BCUT2D eigenvalue weighted by Gasteiger charge is 2.13. The van der Waals surface area contributed by atoms with Gasteiger partial charge in [-0.15, -0.1) is 10.6 Å². The molecule has 0 aromatic carbocycles. The van der Waals surface area contributed by atoms with Gasteiger partial charge in [0.1, 0.15) is 0 Å². The lowest BCUT2D eigenvalue weighted by Gasteiger charge is -2.02. The van der Waals surface area contributed by atoms with Crippen LogP contribution >= 0.6 is 34.8 Å². The fraction of sp³-hybridized carbons (Fsp3) is 1.00. The quantitative estimate of drug-likeness (QED) is 0.520. The molecule has 5 heteroatoms. The van der Waals surface area contributed by atoms with Crippen molar-refractivity contribution in [2.45, 2.75) is 33.5 Å². The Labute approximate surface area is 99.1 Å². The first kappa shape index (κ1) is 15.4. The van der Waals surface area contributed by atoms with E-state index in [9.17, 15) is 0 Å². The Hall–Kier alpha value is 1.93. The van der Waals surface area contributed by atoms with Crippen LogP contribution in [0.4, 0.5) is 0 Å². The van der Waals surface area contributed by atoms with E-state index in [-0.39, 0.29) is 0 Å². The van der Waals surface area contributed by atoms with Gasteiger partial charge in [-0.05, 0) is 0 Å². The second-order valence-electron chi connectivity index (χ2n) is 2.32. The van der Waals surface area contributed by atoms with Crippen molar-refractivity contribution < 1.29 is 0 Å². The van der Waals surface area contributed by atoms with Gasteiger partial charge in [0, 0.05) is 0 Å². The first-order valence-corrected chi connectivity index (χ1v) is 8.59. The summed E-state index contributed by atoms with van der Waals surface area (Å²) >= 11 is 17.2. The number of rotatable bonds is 2. The van der Waals surface area contributed by atoms with Gasteiger partial charge >= 0.3 is 0 Å². The van der Waals surface area contributed by atoms with E-state index in [0.717, 1.165) is 16.3 Å². The van der Waals surface area contributed by atoms with Crippen molar-refractivity contribution in [3.63, 3.8) is 0 Å². The van der Waals surface area contributed by atoms with Crippen molar-refractivity contribution in [3.05, 3.63) is 0 Å². The molecule has 0 atom stereocenters. The van der Waals surface area contributed by atoms with Gasteiger partial charge in [-0.25, -0.2) is 0 Å². The zero-order chi connectivity index (χ0) is 9.33. The summed E-state index contributed by atoms with van der Waals surface area (Å²) in [5.74, 6) is 0. The Bertz CT molecular complexity index is 70.7. The lowest BCUT2D eigenvalue weighted by atomic mass is 10.9. The van der Waals surface area contributed by atoms with E-state index < -0.39 is 3.79 Å². The lowest BCUT2D eigenvalue weighted by Crippen LogP contribution is -1.97. The van der Waals surface area contributed by atoms with Gasteiger partial charge in [-0.3, -0.25) is 0 Å². The number of alkyl halides is 3. The molecule has 0 saturated heterocycles. The fourth-order valence-electron chi connectivity index (χ4n) is 0.354. The van der Waals surface area contributed by atoms with E-state index >= 15 is 0 Å². The van der Waals surface area contributed by atoms with Gasteiger partial charge in [0.15, 0.2) is 3.79 Å². The topological polar surface area (TPSA) is 0 Å². The standard InChI is InChI=1S/C2H2Cl3.2C2H5.2Al.3H/c1-2(3,4)5;2*1-2;;;;;/h1H2;2*1H2,2H3;;;;;. The smallest absolute Gasteiger partial charge is 0.100 e. The summed E-state index contributed by atoms with van der Waals surface area (Å²) < 4.78 is -0.980. The molecule has 0 amide bonds. The average Bonchev–Trinajstić information content (AvgIpc) is 1.90. The highest BCUT2D eigenvalue weighted by molar-refractivity contribution is 6.69. The van der Waals surface area contributed by atoms with Crippen molar-refractivity contribution in [1.29, 1.82) is 0 Å². The summed E-state index contributed by atoms with van der Waals surface area (Å²) in [7, 11) is 0. The summed E-state index contributed by atoms with van der Waals surface area (Å²) in [6, 6.07) is 0. The Kier molecular flexibility index (Phi) is 14.0. The molecule has 0 N–H and O–H groups in total. The Balaban J connectivity index is 0. The first-order valence-electron chi connectivity index (χ1n) is 4.04. The minimum Gasteiger partial charge on any atom is -0.100 e. The molecule has 0 unspecified atom stereocenters. The summed E-state index contributed by atoms with van der Waals surface area (Å²) in [4.78, 5) is 0. The maximum Gasteiger partial charge on any atom is 0.236 e. The van der Waals surface area contributed by atoms with Gasteiger partial charge in [0.25, 0.3) is 0 Å². The zero-order valence-electron chi connectivity index (χ0n) is 7.46. The van der Waals surface area contributed by atoms with Gasteiger partial charge in [0.2, 0.25) is 31.5 Å². The van der Waals surface area contributed by atoms with E-state index in [0.29, 0.717) is 20.5 Å². The first-order chi connectivity index (χ1) is 4.97. The molecule has 0 radical (unpaired) electrons. The largest absolute Gasteiger partial charge is 0.236 e. The Morgan fingerprint density at radius 2 is 1.45 bits per heavy atom. The Morgan fingerprint density at radius 3 is 1.45 bits per heavy atom. The number of hydrogen-bond donors (Lipinski definition) is 0. The van der Waals surface area contributed by atoms with E-state index in [1.54, 1.807) is 0 Å². The van der Waals surface area contributed by atoms with E-state index in [2.05, 4.69) is 13.8 Å². The summed E-state index contributed by atoms with van der Waals surface area (Å²) in [5.41, 5.74) is 0. The molecule has 0 aliphatic carbocycles. The molecule has 0 aromatic rings. The molecule has 0 fully saturated rings. The minimum absolute atomic E-state index is 0.432. The van der Waals surface area contributed by atoms with Crippen molar-refractivity contribution in [1.82, 2.24) is 0 Å². The maximum atomic E-state index is 5.28. The van der Waals surface area contributed by atoms with Crippen molar-refractivity contribution in [3.8, 4) is 0 Å². The molecular weight excluding hydrogens is 232 g/mol. The third-order valence-corrected chi connectivity index (χ3v) is 5.73. The molecule has 0 bridgehead atoms. The van der Waals surface area contributed by atoms with Crippen LogP contribution in [0.15, 0.2) is 0 Å². The molecule has 0 heterocycles. The second-order valence-corrected chi connectivity index (χ2v) is 8.25. The number of hydrogen-bond acceptors (Lipinski definition) is 0. The SMILES string of the molecule is C[CH2][AlH][CH2]C.[AlH2][CH2]C(Cl)(Cl)Cl.